The van der Waals surface area contributed by atoms with Crippen molar-refractivity contribution >= 4 is 45.3 Å². The van der Waals surface area contributed by atoms with E-state index in [-0.39, 0.29) is 28.4 Å². The van der Waals surface area contributed by atoms with Crippen LogP contribution in [0.2, 0.25) is 5.02 Å². The lowest BCUT2D eigenvalue weighted by Gasteiger charge is -2.05. The molecule has 0 saturated carbocycles. The lowest BCUT2D eigenvalue weighted by atomic mass is 10.2. The molecule has 0 aliphatic heterocycles. The Morgan fingerprint density at radius 3 is 2.77 bits per heavy atom. The van der Waals surface area contributed by atoms with Crippen molar-refractivity contribution in [3.8, 4) is 11.5 Å². The van der Waals surface area contributed by atoms with E-state index in [0.717, 1.165) is 23.9 Å². The van der Waals surface area contributed by atoms with Crippen LogP contribution in [0, 0.1) is 10.1 Å². The van der Waals surface area contributed by atoms with Crippen molar-refractivity contribution in [3.63, 3.8) is 0 Å². The summed E-state index contributed by atoms with van der Waals surface area (Å²) in [6, 6.07) is 9.40. The number of rotatable bonds is 7. The molecule has 0 aliphatic carbocycles. The van der Waals surface area contributed by atoms with Gasteiger partial charge in [0.1, 0.15) is 0 Å². The van der Waals surface area contributed by atoms with E-state index >= 15 is 0 Å². The van der Waals surface area contributed by atoms with E-state index in [2.05, 4.69) is 31.6 Å². The zero-order valence-corrected chi connectivity index (χ0v) is 18.3. The molecule has 1 amide bonds. The van der Waals surface area contributed by atoms with Crippen LogP contribution in [0.5, 0.6) is 11.5 Å². The molecule has 0 saturated heterocycles. The van der Waals surface area contributed by atoms with Crippen molar-refractivity contribution in [2.24, 2.45) is 5.10 Å². The van der Waals surface area contributed by atoms with Crippen molar-refractivity contribution < 1.29 is 19.6 Å². The van der Waals surface area contributed by atoms with Gasteiger partial charge in [-0.05, 0) is 33.6 Å². The minimum atomic E-state index is -0.637. The topological polar surface area (TPSA) is 132 Å². The van der Waals surface area contributed by atoms with Gasteiger partial charge in [0.15, 0.2) is 17.2 Å². The maximum absolute atomic E-state index is 12.4. The average Bonchev–Trinajstić information content (AvgIpc) is 3.10. The molecular weight excluding hydrogens is 494 g/mol. The second kappa shape index (κ2) is 9.58. The Morgan fingerprint density at radius 1 is 1.42 bits per heavy atom. The number of methoxy groups -OCH3 is 1. The fraction of sp³-hybridized carbons (Fsp3) is 0.105. The molecule has 1 aromatic heterocycles. The molecule has 31 heavy (non-hydrogen) atoms. The van der Waals surface area contributed by atoms with Gasteiger partial charge in [-0.3, -0.25) is 19.6 Å². The first-order chi connectivity index (χ1) is 14.8. The molecule has 0 unspecified atom stereocenters. The van der Waals surface area contributed by atoms with Crippen LogP contribution in [0.15, 0.2) is 52.2 Å². The van der Waals surface area contributed by atoms with Gasteiger partial charge in [0.2, 0.25) is 0 Å². The maximum Gasteiger partial charge on any atom is 0.293 e. The molecule has 0 fully saturated rings. The Kier molecular flexibility index (Phi) is 6.88. The van der Waals surface area contributed by atoms with Gasteiger partial charge in [0, 0.05) is 22.8 Å². The molecule has 3 rings (SSSR count). The number of aromatic hydroxyl groups is 1. The van der Waals surface area contributed by atoms with E-state index < -0.39 is 10.8 Å². The third-order valence-corrected chi connectivity index (χ3v) is 4.91. The Bertz CT molecular complexity index is 1160. The molecular formula is C19H15BrClN5O5. The van der Waals surface area contributed by atoms with E-state index in [4.69, 9.17) is 16.3 Å². The Balaban J connectivity index is 1.73. The molecule has 3 aromatic rings. The maximum atomic E-state index is 12.4. The molecule has 10 nitrogen and oxygen atoms in total. The van der Waals surface area contributed by atoms with Crippen LogP contribution in [-0.2, 0) is 6.54 Å². The number of carbonyl (C=O) groups is 1. The molecule has 160 valence electrons. The van der Waals surface area contributed by atoms with Crippen molar-refractivity contribution in [3.05, 3.63) is 79.0 Å². The summed E-state index contributed by atoms with van der Waals surface area (Å²) in [4.78, 5) is 22.8. The number of nitrogens with one attached hydrogen (secondary N) is 1. The number of ether oxygens (including phenoxy) is 1. The largest absolute Gasteiger partial charge is 0.504 e. The van der Waals surface area contributed by atoms with Crippen molar-refractivity contribution in [2.75, 3.05) is 7.11 Å². The highest BCUT2D eigenvalue weighted by Crippen LogP contribution is 2.33. The minimum Gasteiger partial charge on any atom is -0.504 e. The van der Waals surface area contributed by atoms with Crippen LogP contribution in [0.1, 0.15) is 21.6 Å². The number of carbonyl (C=O) groups excluding carboxylic acids is 1. The first-order valence-corrected chi connectivity index (χ1v) is 9.81. The summed E-state index contributed by atoms with van der Waals surface area (Å²) in [5, 5.41) is 29.7. The number of phenols is 1. The van der Waals surface area contributed by atoms with Crippen molar-refractivity contribution in [2.45, 2.75) is 6.54 Å². The Labute approximate surface area is 189 Å². The number of aromatic nitrogens is 2. The molecule has 0 aliphatic rings. The third-order valence-electron chi connectivity index (χ3n) is 4.08. The summed E-state index contributed by atoms with van der Waals surface area (Å²) in [5.41, 5.74) is 3.00. The number of hydrogen-bond donors (Lipinski definition) is 2. The number of hydrazone groups is 1. The number of benzene rings is 2. The van der Waals surface area contributed by atoms with E-state index in [9.17, 15) is 20.0 Å². The summed E-state index contributed by atoms with van der Waals surface area (Å²) in [6.07, 6.45) is 2.71. The Morgan fingerprint density at radius 2 is 2.13 bits per heavy atom. The van der Waals surface area contributed by atoms with Crippen LogP contribution in [0.4, 0.5) is 5.69 Å². The molecule has 1 heterocycles. The standard InChI is InChI=1S/C19H15BrClN5O5/c1-31-16-7-14(26(29)30)6-12(18(16)27)8-22-23-19(28)17-15(20)10-25(24-17)9-11-2-4-13(21)5-3-11/h2-8,10,27H,9H2,1H3,(H,23,28). The summed E-state index contributed by atoms with van der Waals surface area (Å²) < 4.78 is 6.94. The fourth-order valence-electron chi connectivity index (χ4n) is 2.60. The quantitative estimate of drug-likeness (QED) is 0.284. The van der Waals surface area contributed by atoms with Crippen LogP contribution < -0.4 is 10.2 Å². The normalized spacial score (nSPS) is 10.9. The second-order valence-electron chi connectivity index (χ2n) is 6.19. The lowest BCUT2D eigenvalue weighted by Crippen LogP contribution is -2.19. The van der Waals surface area contributed by atoms with E-state index in [0.29, 0.717) is 16.0 Å². The van der Waals surface area contributed by atoms with Crippen LogP contribution >= 0.6 is 27.5 Å². The highest BCUT2D eigenvalue weighted by atomic mass is 79.9. The number of nitro benzene ring substituents is 1. The molecule has 0 bridgehead atoms. The fourth-order valence-corrected chi connectivity index (χ4v) is 3.22. The van der Waals surface area contributed by atoms with Crippen LogP contribution in [0.25, 0.3) is 0 Å². The number of non-ortho nitro benzene ring substituents is 1. The van der Waals surface area contributed by atoms with Gasteiger partial charge in [0.05, 0.1) is 35.3 Å². The molecule has 2 aromatic carbocycles. The first-order valence-electron chi connectivity index (χ1n) is 8.64. The average molecular weight is 509 g/mol. The molecule has 0 atom stereocenters. The first kappa shape index (κ1) is 22.2. The van der Waals surface area contributed by atoms with Crippen LogP contribution in [0.3, 0.4) is 0 Å². The molecule has 2 N–H and O–H groups in total. The van der Waals surface area contributed by atoms with Gasteiger partial charge in [-0.15, -0.1) is 0 Å². The highest BCUT2D eigenvalue weighted by Gasteiger charge is 2.17. The highest BCUT2D eigenvalue weighted by molar-refractivity contribution is 9.10. The van der Waals surface area contributed by atoms with Crippen molar-refractivity contribution in [1.29, 1.82) is 0 Å². The number of amides is 1. The monoisotopic (exact) mass is 507 g/mol. The van der Waals surface area contributed by atoms with Gasteiger partial charge >= 0.3 is 0 Å². The molecule has 0 spiro atoms. The van der Waals surface area contributed by atoms with E-state index in [1.165, 1.54) is 7.11 Å². The SMILES string of the molecule is COc1cc([N+](=O)[O-])cc(C=NNC(=O)c2nn(Cc3ccc(Cl)cc3)cc2Br)c1O. The number of halogens is 2. The number of hydrogen-bond acceptors (Lipinski definition) is 7. The Hall–Kier alpha value is -3.44. The van der Waals surface area contributed by atoms with Gasteiger partial charge < -0.3 is 9.84 Å². The van der Waals surface area contributed by atoms with Gasteiger partial charge in [-0.25, -0.2) is 5.43 Å². The summed E-state index contributed by atoms with van der Waals surface area (Å²) >= 11 is 9.16. The zero-order valence-electron chi connectivity index (χ0n) is 16.0. The summed E-state index contributed by atoms with van der Waals surface area (Å²) in [5.74, 6) is -1.06. The summed E-state index contributed by atoms with van der Waals surface area (Å²) in [7, 11) is 1.26. The zero-order chi connectivity index (χ0) is 22.5. The summed E-state index contributed by atoms with van der Waals surface area (Å²) in [6.45, 7) is 0.424. The smallest absolute Gasteiger partial charge is 0.293 e. The minimum absolute atomic E-state index is 0.00122. The van der Waals surface area contributed by atoms with Crippen molar-refractivity contribution in [1.82, 2.24) is 15.2 Å². The van der Waals surface area contributed by atoms with E-state index in [1.807, 2.05) is 12.1 Å². The predicted molar refractivity (Wildman–Crippen MR) is 117 cm³/mol. The van der Waals surface area contributed by atoms with Gasteiger partial charge in [0.25, 0.3) is 11.6 Å². The lowest BCUT2D eigenvalue weighted by molar-refractivity contribution is -0.385. The third kappa shape index (κ3) is 5.38. The predicted octanol–water partition coefficient (Wildman–Crippen LogP) is 3.73. The number of nitrogens with zero attached hydrogens (tertiary/aromatic N) is 4. The molecule has 0 radical (unpaired) electrons. The van der Waals surface area contributed by atoms with E-state index in [1.54, 1.807) is 23.0 Å². The van der Waals surface area contributed by atoms with Gasteiger partial charge in [-0.1, -0.05) is 23.7 Å². The molecule has 12 heteroatoms. The number of nitro groups is 1. The number of phenolic OH excluding ortho intramolecular Hbond substituents is 1. The van der Waals surface area contributed by atoms with Crippen LogP contribution in [-0.4, -0.2) is 39.0 Å². The van der Waals surface area contributed by atoms with Gasteiger partial charge in [-0.2, -0.15) is 10.2 Å². The second-order valence-corrected chi connectivity index (χ2v) is 7.48.